The number of H-pyrrole nitrogens is 2. The molecule has 8 heterocycles. The maximum atomic E-state index is 14.2. The van der Waals surface area contributed by atoms with Crippen molar-refractivity contribution in [3.8, 4) is 45.0 Å². The van der Waals surface area contributed by atoms with Crippen LogP contribution >= 0.6 is 15.9 Å². The zero-order valence-corrected chi connectivity index (χ0v) is 66.7. The lowest BCUT2D eigenvalue weighted by Crippen LogP contribution is -2.56. The molecule has 6 fully saturated rings. The van der Waals surface area contributed by atoms with Crippen LogP contribution in [0.1, 0.15) is 204 Å². The molecule has 22 heteroatoms. The van der Waals surface area contributed by atoms with Gasteiger partial charge in [-0.15, -0.1) is 0 Å². The van der Waals surface area contributed by atoms with E-state index in [1.165, 1.54) is 87.8 Å². The molecule has 6 aliphatic heterocycles. The summed E-state index contributed by atoms with van der Waals surface area (Å²) in [6.07, 6.45) is 22.7. The van der Waals surface area contributed by atoms with E-state index in [9.17, 15) is 24.3 Å². The number of amides is 4. The van der Waals surface area contributed by atoms with E-state index in [1.807, 2.05) is 60.0 Å². The summed E-state index contributed by atoms with van der Waals surface area (Å²) in [4.78, 5) is 83.2. The molecule has 5 N–H and O–H groups in total. The fourth-order valence-corrected chi connectivity index (χ4v) is 19.5. The summed E-state index contributed by atoms with van der Waals surface area (Å²) in [6.45, 7) is 16.0. The topological polar surface area (TPSA) is 247 Å². The number of rotatable bonds is 15. The van der Waals surface area contributed by atoms with Crippen LogP contribution in [0.5, 0.6) is 11.5 Å². The number of aliphatic imine (C=N–C) groups is 2. The van der Waals surface area contributed by atoms with E-state index in [2.05, 4.69) is 130 Å². The summed E-state index contributed by atoms with van der Waals surface area (Å²) >= 11 is 3.36. The van der Waals surface area contributed by atoms with E-state index in [0.29, 0.717) is 49.7 Å². The first kappa shape index (κ1) is 75.2. The van der Waals surface area contributed by atoms with Gasteiger partial charge in [0.25, 0.3) is 0 Å². The second-order valence-corrected chi connectivity index (χ2v) is 34.8. The Morgan fingerprint density at radius 1 is 0.582 bits per heavy atom. The third kappa shape index (κ3) is 14.6. The number of fused-ring (bicyclic) bond motifs is 14. The highest BCUT2D eigenvalue weighted by molar-refractivity contribution is 9.10. The third-order valence-electron chi connectivity index (χ3n) is 25.9. The van der Waals surface area contributed by atoms with Gasteiger partial charge in [0, 0.05) is 59.3 Å². The molecule has 8 aromatic rings. The van der Waals surface area contributed by atoms with Crippen LogP contribution in [0, 0.1) is 23.7 Å². The number of nitrogens with zero attached hydrogens (tertiary/aromatic N) is 6. The lowest BCUT2D eigenvalue weighted by atomic mass is 9.80. The van der Waals surface area contributed by atoms with Gasteiger partial charge in [0.2, 0.25) is 11.8 Å². The summed E-state index contributed by atoms with van der Waals surface area (Å²) in [5, 5.41) is 20.7. The van der Waals surface area contributed by atoms with E-state index in [0.717, 1.165) is 162 Å². The van der Waals surface area contributed by atoms with Gasteiger partial charge in [-0.2, -0.15) is 0 Å². The number of aliphatic hydroxyl groups is 1. The number of nitrogens with one attached hydrogen (secondary N) is 4. The molecule has 0 unspecified atom stereocenters. The molecule has 4 saturated carbocycles. The van der Waals surface area contributed by atoms with Gasteiger partial charge in [-0.05, 0) is 234 Å². The van der Waals surface area contributed by atoms with Crippen LogP contribution in [0.4, 0.5) is 21.0 Å². The van der Waals surface area contributed by atoms with Gasteiger partial charge in [-0.1, -0.05) is 114 Å². The van der Waals surface area contributed by atoms with Crippen molar-refractivity contribution in [2.75, 3.05) is 14.2 Å². The average molecular weight is 1550 g/mol. The number of hydrogen-bond donors (Lipinski definition) is 5. The fraction of sp³-hybridized carbons (Fsp3) is 0.500. The van der Waals surface area contributed by atoms with E-state index >= 15 is 0 Å². The molecular formula is C88H103BBrN10O10. The summed E-state index contributed by atoms with van der Waals surface area (Å²) in [7, 11) is 4.37. The summed E-state index contributed by atoms with van der Waals surface area (Å²) in [6, 6.07) is 29.1. The first-order chi connectivity index (χ1) is 53.0. The second kappa shape index (κ2) is 30.7. The minimum absolute atomic E-state index is 0.0283. The molecule has 10 aliphatic rings. The Balaban J connectivity index is 0.000000146. The maximum absolute atomic E-state index is 14.2. The number of halogens is 1. The number of ether oxygens (including phenoxy) is 4. The molecule has 18 rings (SSSR count). The minimum atomic E-state index is -1.00. The number of aromatic amines is 2. The largest absolute Gasteiger partial charge is 0.488 e. The molecule has 20 nitrogen and oxygen atoms in total. The van der Waals surface area contributed by atoms with E-state index < -0.39 is 35.5 Å². The molecule has 0 spiro atoms. The highest BCUT2D eigenvalue weighted by atomic mass is 79.9. The Kier molecular flexibility index (Phi) is 21.0. The van der Waals surface area contributed by atoms with Gasteiger partial charge in [0.1, 0.15) is 53.0 Å². The van der Waals surface area contributed by atoms with E-state index in [-0.39, 0.29) is 47.8 Å². The van der Waals surface area contributed by atoms with Crippen LogP contribution in [0.2, 0.25) is 0 Å². The smallest absolute Gasteiger partial charge is 0.407 e. The minimum Gasteiger partial charge on any atom is -0.488 e. The van der Waals surface area contributed by atoms with Crippen molar-refractivity contribution in [2.45, 2.75) is 243 Å². The van der Waals surface area contributed by atoms with Crippen molar-refractivity contribution in [3.63, 3.8) is 0 Å². The Labute approximate surface area is 653 Å². The van der Waals surface area contributed by atoms with Gasteiger partial charge in [-0.3, -0.25) is 19.6 Å². The Morgan fingerprint density at radius 2 is 1.06 bits per heavy atom. The molecule has 575 valence electrons. The zero-order chi connectivity index (χ0) is 76.6. The first-order valence-corrected chi connectivity index (χ1v) is 41.0. The van der Waals surface area contributed by atoms with Crippen LogP contribution in [0.3, 0.4) is 0 Å². The highest BCUT2D eigenvalue weighted by Crippen LogP contribution is 2.51. The van der Waals surface area contributed by atoms with E-state index in [4.69, 9.17) is 38.6 Å². The van der Waals surface area contributed by atoms with Crippen molar-refractivity contribution in [2.24, 2.45) is 33.7 Å². The molecule has 6 aromatic carbocycles. The van der Waals surface area contributed by atoms with Crippen LogP contribution < -0.4 is 25.6 Å². The van der Waals surface area contributed by atoms with Crippen molar-refractivity contribution >= 4 is 97.2 Å². The molecule has 4 aliphatic carbocycles. The Bertz CT molecular complexity index is 4950. The number of likely N-dealkylation sites (tertiary alicyclic amines) is 2. The van der Waals surface area contributed by atoms with Crippen LogP contribution in [-0.2, 0) is 49.8 Å². The van der Waals surface area contributed by atoms with E-state index in [1.54, 1.807) is 21.3 Å². The normalized spacial score (nSPS) is 22.1. The van der Waals surface area contributed by atoms with Gasteiger partial charge in [0.05, 0.1) is 67.0 Å². The van der Waals surface area contributed by atoms with Gasteiger partial charge in [-0.25, -0.2) is 19.6 Å². The predicted octanol–water partition coefficient (Wildman–Crippen LogP) is 17.0. The number of hydrogen-bond acceptors (Lipinski definition) is 14. The number of carbonyl (C=O) groups excluding carboxylic acids is 4. The third-order valence-corrected chi connectivity index (χ3v) is 26.3. The molecule has 2 saturated heterocycles. The lowest BCUT2D eigenvalue weighted by molar-refractivity contribution is -0.137. The number of benzene rings is 6. The first-order valence-electron chi connectivity index (χ1n) is 40.2. The fourth-order valence-electron chi connectivity index (χ4n) is 19.2. The Morgan fingerprint density at radius 3 is 1.54 bits per heavy atom. The molecule has 2 aromatic heterocycles. The summed E-state index contributed by atoms with van der Waals surface area (Å²) < 4.78 is 29.6. The van der Waals surface area contributed by atoms with Gasteiger partial charge < -0.3 is 59.1 Å². The maximum Gasteiger partial charge on any atom is 0.407 e. The second-order valence-electron chi connectivity index (χ2n) is 34.0. The summed E-state index contributed by atoms with van der Waals surface area (Å²) in [5.74, 6) is 5.95. The number of aromatic nitrogens is 4. The Hall–Kier alpha value is -8.86. The number of alkyl carbamates (subject to hydrolysis) is 2. The molecular weight excluding hydrogens is 1450 g/mol. The number of imidazole rings is 2. The highest BCUT2D eigenvalue weighted by Gasteiger charge is 2.52. The number of carbonyl (C=O) groups is 4. The van der Waals surface area contributed by atoms with Crippen LogP contribution in [0.15, 0.2) is 112 Å². The molecule has 8 atom stereocenters. The monoisotopic (exact) mass is 1550 g/mol. The van der Waals surface area contributed by atoms with Crippen molar-refractivity contribution < 1.29 is 47.9 Å². The molecule has 4 amide bonds. The van der Waals surface area contributed by atoms with Crippen molar-refractivity contribution in [1.29, 1.82) is 0 Å². The molecule has 1 radical (unpaired) electrons. The standard InChI is InChI=1S/C41H45N5O4.C39H47BN3O6.C8H11BrN2/c1-22(2)38(45-41(48)49-3)40(47)46-35-10-6-9-26(35)17-36(46)33-18-30-29-19-37-31(16-24(29)12-14-32(30)43-33)28-13-11-25(15-27(28)21-50-37)34-20-42-39(44-34)23-7-4-5-8-23;1-21(2)35(42-37(45)47-7)36(44)43-32-10-8-9-23(32)17-33(43)31-18-28-27-19-34-29(16-22(27)11-14-30(28)41-31)26-13-12-25(15-24(26)20-48-34)40-49-39(5,6)38(3,4)46;9-7-5-10-8(11-7)6-3-1-2-4-6/h11-16,19-20,22-23,26,35-36,38H,4-10,17-18,21H2,1-3H3,(H,42,44)(H,45,48);11-16,19,21,23,32-33,35,46H,8-10,17-18,20H2,1-7H3,(H,42,45);5-6H,1-4H2,(H,10,11)/t26-,35-,36-,38-;23-,32-,33-,35-;/m00./s1. The number of methoxy groups -OCH3 is 2. The van der Waals surface area contributed by atoms with Crippen molar-refractivity contribution in [3.05, 3.63) is 136 Å². The average Bonchev–Trinajstić information content (AvgIpc) is 1.52. The summed E-state index contributed by atoms with van der Waals surface area (Å²) in [5.41, 5.74) is 14.5. The predicted molar refractivity (Wildman–Crippen MR) is 433 cm³/mol. The van der Waals surface area contributed by atoms with Gasteiger partial charge in [0.15, 0.2) is 0 Å². The lowest BCUT2D eigenvalue weighted by Gasteiger charge is -2.37. The SMILES string of the molecule is Brc1cnc(C2CCCC2)[nH]1.COC(=O)N[C@H](C(=O)N1[C@H](C2=Nc3ccc4cc5c(cc4c3C2)OCc2cc(-c3cnc(C4CCCC4)[nH]3)ccc2-5)C[C@@H]2CCC[C@@H]21)C(C)C.COC(=O)N[C@H](C(=O)N1[C@H](C2=Nc3ccc4cc5c(cc4c3C2)OCc2cc([B]OC(C)(C)C(C)(C)O)ccc2-5)C[C@@H]2CCC[C@@H]21)C(C)C. The molecule has 0 bridgehead atoms. The quantitative estimate of drug-likeness (QED) is 0.0602. The van der Waals surface area contributed by atoms with Crippen LogP contribution in [-0.4, -0.2) is 139 Å². The molecule has 110 heavy (non-hydrogen) atoms. The van der Waals surface area contributed by atoms with Crippen LogP contribution in [0.25, 0.3) is 55.1 Å². The zero-order valence-electron chi connectivity index (χ0n) is 65.1. The van der Waals surface area contributed by atoms with Gasteiger partial charge >= 0.3 is 19.7 Å². The van der Waals surface area contributed by atoms with Crippen molar-refractivity contribution in [1.82, 2.24) is 40.4 Å².